The summed E-state index contributed by atoms with van der Waals surface area (Å²) in [7, 11) is 0. The Morgan fingerprint density at radius 1 is 1.11 bits per heavy atom. The van der Waals surface area contributed by atoms with Gasteiger partial charge in [0.2, 0.25) is 6.08 Å². The molecule has 0 unspecified atom stereocenters. The molecule has 2 fully saturated rings. The van der Waals surface area contributed by atoms with E-state index in [4.69, 9.17) is 0 Å². The van der Waals surface area contributed by atoms with Crippen LogP contribution >= 0.6 is 0 Å². The number of hydrogen-bond donors (Lipinski definition) is 0. The predicted molar refractivity (Wildman–Crippen MR) is 71.3 cm³/mol. The maximum absolute atomic E-state index is 10.6. The Labute approximate surface area is 108 Å². The lowest BCUT2D eigenvalue weighted by molar-refractivity contribution is 0.439. The van der Waals surface area contributed by atoms with Crippen molar-refractivity contribution in [2.45, 2.75) is 56.4 Å². The van der Waals surface area contributed by atoms with E-state index >= 15 is 0 Å². The van der Waals surface area contributed by atoms with Gasteiger partial charge in [-0.1, -0.05) is 43.5 Å². The molecule has 2 aliphatic rings. The molecule has 1 aromatic carbocycles. The molecule has 0 spiro atoms. The molecule has 18 heavy (non-hydrogen) atoms. The quantitative estimate of drug-likeness (QED) is 0.579. The first-order valence-corrected chi connectivity index (χ1v) is 7.04. The summed E-state index contributed by atoms with van der Waals surface area (Å²) in [6.07, 6.45) is 10.4. The van der Waals surface area contributed by atoms with Gasteiger partial charge in [0.25, 0.3) is 0 Å². The monoisotopic (exact) mass is 241 g/mol. The van der Waals surface area contributed by atoms with Gasteiger partial charge in [0.15, 0.2) is 0 Å². The van der Waals surface area contributed by atoms with Gasteiger partial charge in [-0.2, -0.15) is 4.99 Å². The standard InChI is InChI=1S/C16H19NO/c18-12-17-16(10-11-16)15-9-5-4-8-14(15)13-6-2-1-3-7-13/h4-5,8-9,13H,1-3,6-7,10-11H2. The highest BCUT2D eigenvalue weighted by Crippen LogP contribution is 2.52. The van der Waals surface area contributed by atoms with Crippen molar-refractivity contribution in [3.05, 3.63) is 35.4 Å². The van der Waals surface area contributed by atoms with E-state index in [2.05, 4.69) is 29.3 Å². The van der Waals surface area contributed by atoms with Gasteiger partial charge in [0.05, 0.1) is 5.54 Å². The van der Waals surface area contributed by atoms with Crippen LogP contribution in [0.3, 0.4) is 0 Å². The van der Waals surface area contributed by atoms with Crippen molar-refractivity contribution in [2.75, 3.05) is 0 Å². The minimum atomic E-state index is -0.213. The van der Waals surface area contributed by atoms with E-state index in [9.17, 15) is 4.79 Å². The molecule has 0 heterocycles. The number of carbonyl (C=O) groups excluding carboxylic acids is 1. The molecule has 2 aliphatic carbocycles. The first kappa shape index (κ1) is 11.7. The fourth-order valence-electron chi connectivity index (χ4n) is 3.34. The molecule has 0 amide bonds. The van der Waals surface area contributed by atoms with E-state index in [0.717, 1.165) is 12.8 Å². The van der Waals surface area contributed by atoms with Crippen LogP contribution in [0.2, 0.25) is 0 Å². The Balaban J connectivity index is 1.97. The van der Waals surface area contributed by atoms with Gasteiger partial charge in [0.1, 0.15) is 0 Å². The first-order chi connectivity index (χ1) is 8.86. The molecule has 2 heteroatoms. The van der Waals surface area contributed by atoms with Crippen LogP contribution in [0.25, 0.3) is 0 Å². The Kier molecular flexibility index (Phi) is 3.05. The minimum absolute atomic E-state index is 0.213. The number of isocyanates is 1. The van der Waals surface area contributed by atoms with Crippen LogP contribution in [0.4, 0.5) is 0 Å². The van der Waals surface area contributed by atoms with Crippen LogP contribution in [0, 0.1) is 0 Å². The Morgan fingerprint density at radius 2 is 1.83 bits per heavy atom. The third kappa shape index (κ3) is 2.02. The third-order valence-corrected chi connectivity index (χ3v) is 4.49. The Bertz CT molecular complexity index is 478. The van der Waals surface area contributed by atoms with Crippen LogP contribution in [0.15, 0.2) is 29.3 Å². The molecular weight excluding hydrogens is 222 g/mol. The molecule has 0 saturated heterocycles. The summed E-state index contributed by atoms with van der Waals surface area (Å²) in [5.74, 6) is 0.675. The topological polar surface area (TPSA) is 29.4 Å². The second kappa shape index (κ2) is 4.70. The van der Waals surface area contributed by atoms with Gasteiger partial charge >= 0.3 is 0 Å². The molecule has 94 valence electrons. The van der Waals surface area contributed by atoms with E-state index in [-0.39, 0.29) is 5.54 Å². The van der Waals surface area contributed by atoms with Crippen LogP contribution in [0.1, 0.15) is 62.0 Å². The molecule has 0 atom stereocenters. The largest absolute Gasteiger partial charge is 0.235 e. The highest BCUT2D eigenvalue weighted by atomic mass is 16.1. The molecule has 0 N–H and O–H groups in total. The predicted octanol–water partition coefficient (Wildman–Crippen LogP) is 4.06. The SMILES string of the molecule is O=C=NC1(c2ccccc2C2CCCCC2)CC1. The number of nitrogens with zero attached hydrogens (tertiary/aromatic N) is 1. The lowest BCUT2D eigenvalue weighted by Crippen LogP contribution is -2.12. The maximum Gasteiger partial charge on any atom is 0.235 e. The zero-order valence-electron chi connectivity index (χ0n) is 10.7. The van der Waals surface area contributed by atoms with Crippen LogP contribution in [-0.2, 0) is 10.3 Å². The second-order valence-electron chi connectivity index (χ2n) is 5.66. The van der Waals surface area contributed by atoms with Gasteiger partial charge in [-0.25, -0.2) is 4.79 Å². The minimum Gasteiger partial charge on any atom is -0.211 e. The van der Waals surface area contributed by atoms with Crippen molar-refractivity contribution < 1.29 is 4.79 Å². The molecular formula is C16H19NO. The van der Waals surface area contributed by atoms with Crippen molar-refractivity contribution >= 4 is 6.08 Å². The average molecular weight is 241 g/mol. The zero-order valence-corrected chi connectivity index (χ0v) is 10.7. The Morgan fingerprint density at radius 3 is 2.50 bits per heavy atom. The van der Waals surface area contributed by atoms with E-state index in [1.54, 1.807) is 6.08 Å². The molecule has 0 bridgehead atoms. The van der Waals surface area contributed by atoms with Crippen molar-refractivity contribution in [3.63, 3.8) is 0 Å². The number of benzene rings is 1. The van der Waals surface area contributed by atoms with Crippen molar-refractivity contribution in [2.24, 2.45) is 4.99 Å². The second-order valence-corrected chi connectivity index (χ2v) is 5.66. The summed E-state index contributed by atoms with van der Waals surface area (Å²) in [4.78, 5) is 14.7. The molecule has 2 saturated carbocycles. The van der Waals surface area contributed by atoms with Crippen LogP contribution in [0.5, 0.6) is 0 Å². The summed E-state index contributed by atoms with van der Waals surface area (Å²) in [6, 6.07) is 8.60. The molecule has 2 nitrogen and oxygen atoms in total. The van der Waals surface area contributed by atoms with Gasteiger partial charge in [0, 0.05) is 0 Å². The third-order valence-electron chi connectivity index (χ3n) is 4.49. The van der Waals surface area contributed by atoms with Crippen molar-refractivity contribution in [1.82, 2.24) is 0 Å². The molecule has 0 aliphatic heterocycles. The summed E-state index contributed by atoms with van der Waals surface area (Å²) in [5.41, 5.74) is 2.52. The van der Waals surface area contributed by atoms with E-state index < -0.39 is 0 Å². The van der Waals surface area contributed by atoms with Gasteiger partial charge in [-0.3, -0.25) is 0 Å². The zero-order chi connectivity index (χ0) is 12.4. The fraction of sp³-hybridized carbons (Fsp3) is 0.562. The number of rotatable bonds is 3. The lowest BCUT2D eigenvalue weighted by atomic mass is 9.80. The average Bonchev–Trinajstić information content (AvgIpc) is 3.21. The summed E-state index contributed by atoms with van der Waals surface area (Å²) < 4.78 is 0. The normalized spacial score (nSPS) is 22.2. The molecule has 0 radical (unpaired) electrons. The van der Waals surface area contributed by atoms with E-state index in [1.807, 2.05) is 0 Å². The summed E-state index contributed by atoms with van der Waals surface area (Å²) >= 11 is 0. The fourth-order valence-corrected chi connectivity index (χ4v) is 3.34. The highest BCUT2D eigenvalue weighted by Gasteiger charge is 2.46. The smallest absolute Gasteiger partial charge is 0.211 e. The van der Waals surface area contributed by atoms with Crippen molar-refractivity contribution in [1.29, 1.82) is 0 Å². The van der Waals surface area contributed by atoms with Gasteiger partial charge < -0.3 is 0 Å². The van der Waals surface area contributed by atoms with E-state index in [1.165, 1.54) is 43.2 Å². The number of hydrogen-bond acceptors (Lipinski definition) is 2. The Hall–Kier alpha value is -1.40. The maximum atomic E-state index is 10.6. The lowest BCUT2D eigenvalue weighted by Gasteiger charge is -2.26. The van der Waals surface area contributed by atoms with Gasteiger partial charge in [-0.15, -0.1) is 0 Å². The number of aliphatic imine (C=N–C) groups is 1. The molecule has 3 rings (SSSR count). The van der Waals surface area contributed by atoms with Crippen LogP contribution in [-0.4, -0.2) is 6.08 Å². The molecule has 0 aromatic heterocycles. The van der Waals surface area contributed by atoms with E-state index in [0.29, 0.717) is 5.92 Å². The van der Waals surface area contributed by atoms with Gasteiger partial charge in [-0.05, 0) is 42.7 Å². The summed E-state index contributed by atoms with van der Waals surface area (Å²) in [6.45, 7) is 0. The van der Waals surface area contributed by atoms with Crippen LogP contribution < -0.4 is 0 Å². The first-order valence-electron chi connectivity index (χ1n) is 7.04. The summed E-state index contributed by atoms with van der Waals surface area (Å²) in [5, 5.41) is 0. The van der Waals surface area contributed by atoms with Crippen molar-refractivity contribution in [3.8, 4) is 0 Å². The highest BCUT2D eigenvalue weighted by molar-refractivity contribution is 5.45. The molecule has 1 aromatic rings.